The molecule has 1 aromatic carbocycles. The molecule has 0 heterocycles. The van der Waals surface area contributed by atoms with Crippen molar-refractivity contribution in [1.29, 1.82) is 0 Å². The number of hydrogen-bond acceptors (Lipinski definition) is 2. The summed E-state index contributed by atoms with van der Waals surface area (Å²) in [6.07, 6.45) is 5.24. The minimum absolute atomic E-state index is 0.0994. The Morgan fingerprint density at radius 3 is 3.00 bits per heavy atom. The van der Waals surface area contributed by atoms with Gasteiger partial charge in [0.05, 0.1) is 12.6 Å². The Labute approximate surface area is 94.7 Å². The largest absolute Gasteiger partial charge is 0.394 e. The molecule has 0 aromatic heterocycles. The first-order chi connectivity index (χ1) is 7.65. The van der Waals surface area contributed by atoms with E-state index in [0.29, 0.717) is 11.3 Å². The first kappa shape index (κ1) is 12.1. The first-order valence-corrected chi connectivity index (χ1v) is 4.90. The number of benzene rings is 1. The van der Waals surface area contributed by atoms with Crippen molar-refractivity contribution in [3.8, 4) is 12.3 Å². The second kappa shape index (κ2) is 5.79. The van der Waals surface area contributed by atoms with E-state index in [0.717, 1.165) is 0 Å². The van der Waals surface area contributed by atoms with Crippen molar-refractivity contribution in [2.24, 2.45) is 0 Å². The topological polar surface area (TPSA) is 61.4 Å². The molecule has 1 aromatic rings. The van der Waals surface area contributed by atoms with Gasteiger partial charge >= 0.3 is 6.03 Å². The molecule has 0 saturated heterocycles. The van der Waals surface area contributed by atoms with Gasteiger partial charge in [-0.05, 0) is 25.1 Å². The normalized spacial score (nSPS) is 11.3. The van der Waals surface area contributed by atoms with Gasteiger partial charge < -0.3 is 15.7 Å². The molecule has 0 fully saturated rings. The van der Waals surface area contributed by atoms with Crippen molar-refractivity contribution in [1.82, 2.24) is 5.32 Å². The van der Waals surface area contributed by atoms with E-state index in [9.17, 15) is 4.79 Å². The number of nitrogens with one attached hydrogen (secondary N) is 2. The highest BCUT2D eigenvalue weighted by atomic mass is 16.3. The van der Waals surface area contributed by atoms with Gasteiger partial charge in [0.15, 0.2) is 0 Å². The highest BCUT2D eigenvalue weighted by molar-refractivity contribution is 5.89. The number of urea groups is 1. The lowest BCUT2D eigenvalue weighted by molar-refractivity contribution is 0.229. The number of carbonyl (C=O) groups is 1. The lowest BCUT2D eigenvalue weighted by atomic mass is 10.2. The lowest BCUT2D eigenvalue weighted by Crippen LogP contribution is -2.38. The van der Waals surface area contributed by atoms with Crippen LogP contribution >= 0.6 is 0 Å². The predicted molar refractivity (Wildman–Crippen MR) is 63.1 cm³/mol. The molecule has 0 radical (unpaired) electrons. The van der Waals surface area contributed by atoms with Gasteiger partial charge in [0, 0.05) is 11.3 Å². The molecule has 0 spiro atoms. The smallest absolute Gasteiger partial charge is 0.319 e. The summed E-state index contributed by atoms with van der Waals surface area (Å²) in [7, 11) is 0. The quantitative estimate of drug-likeness (QED) is 0.667. The number of rotatable bonds is 3. The lowest BCUT2D eigenvalue weighted by Gasteiger charge is -2.11. The molecule has 1 atom stereocenters. The molecule has 2 amide bonds. The zero-order valence-electron chi connectivity index (χ0n) is 9.03. The van der Waals surface area contributed by atoms with E-state index in [1.165, 1.54) is 0 Å². The van der Waals surface area contributed by atoms with Gasteiger partial charge in [-0.25, -0.2) is 4.79 Å². The summed E-state index contributed by atoms with van der Waals surface area (Å²) in [5, 5.41) is 14.0. The van der Waals surface area contributed by atoms with E-state index in [4.69, 9.17) is 11.5 Å². The van der Waals surface area contributed by atoms with Crippen molar-refractivity contribution in [2.45, 2.75) is 13.0 Å². The van der Waals surface area contributed by atoms with Gasteiger partial charge in [-0.2, -0.15) is 0 Å². The van der Waals surface area contributed by atoms with Gasteiger partial charge in [0.25, 0.3) is 0 Å². The molecular formula is C12H14N2O2. The average Bonchev–Trinajstić information content (AvgIpc) is 2.28. The van der Waals surface area contributed by atoms with Crippen LogP contribution in [0, 0.1) is 12.3 Å². The molecule has 0 aliphatic carbocycles. The summed E-state index contributed by atoms with van der Waals surface area (Å²) in [6.45, 7) is 1.61. The van der Waals surface area contributed by atoms with Crippen molar-refractivity contribution in [3.05, 3.63) is 29.8 Å². The van der Waals surface area contributed by atoms with E-state index in [1.807, 2.05) is 0 Å². The highest BCUT2D eigenvalue weighted by Gasteiger charge is 2.05. The van der Waals surface area contributed by atoms with Crippen LogP contribution in [-0.4, -0.2) is 23.8 Å². The van der Waals surface area contributed by atoms with Crippen LogP contribution in [0.2, 0.25) is 0 Å². The molecular weight excluding hydrogens is 204 g/mol. The Morgan fingerprint density at radius 1 is 1.62 bits per heavy atom. The fraction of sp³-hybridized carbons (Fsp3) is 0.250. The molecule has 0 aliphatic rings. The molecule has 0 bridgehead atoms. The van der Waals surface area contributed by atoms with Gasteiger partial charge in [-0.3, -0.25) is 0 Å². The average molecular weight is 218 g/mol. The second-order valence-electron chi connectivity index (χ2n) is 3.41. The Balaban J connectivity index is 2.60. The molecule has 0 unspecified atom stereocenters. The van der Waals surface area contributed by atoms with E-state index < -0.39 is 0 Å². The Hall–Kier alpha value is -1.99. The number of anilines is 1. The van der Waals surface area contributed by atoms with Gasteiger partial charge in [0.2, 0.25) is 0 Å². The van der Waals surface area contributed by atoms with Crippen LogP contribution in [-0.2, 0) is 0 Å². The fourth-order valence-corrected chi connectivity index (χ4v) is 1.12. The number of terminal acetylenes is 1. The molecule has 0 aliphatic heterocycles. The first-order valence-electron chi connectivity index (χ1n) is 4.90. The zero-order chi connectivity index (χ0) is 12.0. The van der Waals surface area contributed by atoms with Crippen molar-refractivity contribution in [2.75, 3.05) is 11.9 Å². The SMILES string of the molecule is C#Cc1cccc(NC(=O)N[C@H](C)CO)c1. The maximum absolute atomic E-state index is 11.4. The monoisotopic (exact) mass is 218 g/mol. The van der Waals surface area contributed by atoms with E-state index in [-0.39, 0.29) is 18.7 Å². The number of amides is 2. The fourth-order valence-electron chi connectivity index (χ4n) is 1.12. The van der Waals surface area contributed by atoms with Crippen molar-refractivity contribution >= 4 is 11.7 Å². The van der Waals surface area contributed by atoms with Crippen molar-refractivity contribution < 1.29 is 9.90 Å². The Morgan fingerprint density at radius 2 is 2.38 bits per heavy atom. The van der Waals surface area contributed by atoms with Crippen LogP contribution < -0.4 is 10.6 Å². The molecule has 84 valence electrons. The summed E-state index contributed by atoms with van der Waals surface area (Å²) in [5.74, 6) is 2.48. The van der Waals surface area contributed by atoms with Crippen LogP contribution in [0.4, 0.5) is 10.5 Å². The number of aliphatic hydroxyl groups excluding tert-OH is 1. The Kier molecular flexibility index (Phi) is 4.37. The zero-order valence-corrected chi connectivity index (χ0v) is 9.03. The van der Waals surface area contributed by atoms with Crippen LogP contribution in [0.25, 0.3) is 0 Å². The third-order valence-electron chi connectivity index (χ3n) is 1.94. The minimum atomic E-state index is -0.365. The minimum Gasteiger partial charge on any atom is -0.394 e. The molecule has 4 nitrogen and oxygen atoms in total. The van der Waals surface area contributed by atoms with Crippen LogP contribution in [0.5, 0.6) is 0 Å². The van der Waals surface area contributed by atoms with Crippen LogP contribution in [0.3, 0.4) is 0 Å². The third-order valence-corrected chi connectivity index (χ3v) is 1.94. The number of aliphatic hydroxyl groups is 1. The summed E-state index contributed by atoms with van der Waals surface area (Å²) in [6, 6.07) is 6.33. The predicted octanol–water partition coefficient (Wildman–Crippen LogP) is 1.17. The maximum atomic E-state index is 11.4. The molecule has 3 N–H and O–H groups in total. The van der Waals surface area contributed by atoms with Crippen LogP contribution in [0.15, 0.2) is 24.3 Å². The molecule has 16 heavy (non-hydrogen) atoms. The highest BCUT2D eigenvalue weighted by Crippen LogP contribution is 2.09. The maximum Gasteiger partial charge on any atom is 0.319 e. The van der Waals surface area contributed by atoms with E-state index in [1.54, 1.807) is 31.2 Å². The second-order valence-corrected chi connectivity index (χ2v) is 3.41. The number of carbonyl (C=O) groups excluding carboxylic acids is 1. The summed E-state index contributed by atoms with van der Waals surface area (Å²) >= 11 is 0. The summed E-state index contributed by atoms with van der Waals surface area (Å²) in [5.41, 5.74) is 1.33. The standard InChI is InChI=1S/C12H14N2O2/c1-3-10-5-4-6-11(7-10)14-12(16)13-9(2)8-15/h1,4-7,9,15H,8H2,2H3,(H2,13,14,16)/t9-/m1/s1. The molecule has 4 heteroatoms. The Bertz CT molecular complexity index is 410. The number of hydrogen-bond donors (Lipinski definition) is 3. The van der Waals surface area contributed by atoms with Crippen LogP contribution in [0.1, 0.15) is 12.5 Å². The molecule has 1 rings (SSSR count). The van der Waals surface area contributed by atoms with Crippen molar-refractivity contribution in [3.63, 3.8) is 0 Å². The van der Waals surface area contributed by atoms with Gasteiger partial charge in [-0.1, -0.05) is 12.0 Å². The van der Waals surface area contributed by atoms with Gasteiger partial charge in [-0.15, -0.1) is 6.42 Å². The molecule has 0 saturated carbocycles. The van der Waals surface area contributed by atoms with Gasteiger partial charge in [0.1, 0.15) is 0 Å². The van der Waals surface area contributed by atoms with E-state index in [2.05, 4.69) is 16.6 Å². The third kappa shape index (κ3) is 3.64. The summed E-state index contributed by atoms with van der Waals surface area (Å²) < 4.78 is 0. The van der Waals surface area contributed by atoms with E-state index >= 15 is 0 Å². The summed E-state index contributed by atoms with van der Waals surface area (Å²) in [4.78, 5) is 11.4.